The van der Waals surface area contributed by atoms with Crippen LogP contribution < -0.4 is 5.32 Å². The van der Waals surface area contributed by atoms with E-state index in [2.05, 4.69) is 23.7 Å². The Balaban J connectivity index is 2.00. The fourth-order valence-electron chi connectivity index (χ4n) is 2.29. The van der Waals surface area contributed by atoms with Crippen molar-refractivity contribution in [3.63, 3.8) is 0 Å². The van der Waals surface area contributed by atoms with Crippen LogP contribution >= 0.6 is 11.8 Å². The predicted molar refractivity (Wildman–Crippen MR) is 109 cm³/mol. The topological polar surface area (TPSA) is 55.4 Å². The van der Waals surface area contributed by atoms with Crippen LogP contribution in [0.5, 0.6) is 0 Å². The number of thioether (sulfide) groups is 1. The third-order valence-electron chi connectivity index (χ3n) is 3.97. The standard InChI is InChI=1S/C21H31NO3S/c1-18(14-16-26-2)21(24)22-15-10-5-3-4-9-13-20(23)25-17-19-11-7-6-8-12-19/h3,5-8,11-12,18H,4,9-10,13-17H2,1-2H3,(H,22,24)/b5-3-/t18-/m0/s1. The average Bonchev–Trinajstić information content (AvgIpc) is 2.67. The van der Waals surface area contributed by atoms with Crippen molar-refractivity contribution >= 4 is 23.6 Å². The Kier molecular flexibility index (Phi) is 12.4. The summed E-state index contributed by atoms with van der Waals surface area (Å²) in [4.78, 5) is 23.5. The third-order valence-corrected chi connectivity index (χ3v) is 4.62. The molecule has 0 heterocycles. The highest BCUT2D eigenvalue weighted by atomic mass is 32.2. The Bertz CT molecular complexity index is 545. The van der Waals surface area contributed by atoms with Crippen LogP contribution in [-0.2, 0) is 20.9 Å². The molecule has 4 nitrogen and oxygen atoms in total. The first-order chi connectivity index (χ1) is 12.6. The second-order valence-corrected chi connectivity index (χ2v) is 7.26. The van der Waals surface area contributed by atoms with E-state index in [-0.39, 0.29) is 17.8 Å². The summed E-state index contributed by atoms with van der Waals surface area (Å²) in [5.74, 6) is 1.07. The monoisotopic (exact) mass is 377 g/mol. The van der Waals surface area contributed by atoms with Gasteiger partial charge >= 0.3 is 5.97 Å². The molecule has 0 saturated heterocycles. The predicted octanol–water partition coefficient (Wildman–Crippen LogP) is 4.35. The number of amides is 1. The summed E-state index contributed by atoms with van der Waals surface area (Å²) in [6, 6.07) is 9.69. The van der Waals surface area contributed by atoms with Crippen LogP contribution in [0.3, 0.4) is 0 Å². The Hall–Kier alpha value is -1.75. The summed E-state index contributed by atoms with van der Waals surface area (Å²) in [6.07, 6.45) is 9.97. The molecule has 1 rings (SSSR count). The minimum atomic E-state index is -0.159. The number of hydrogen-bond donors (Lipinski definition) is 1. The summed E-state index contributed by atoms with van der Waals surface area (Å²) in [6.45, 7) is 2.97. The molecule has 0 aliphatic heterocycles. The molecule has 0 radical (unpaired) electrons. The van der Waals surface area contributed by atoms with Gasteiger partial charge in [0.2, 0.25) is 5.91 Å². The van der Waals surface area contributed by atoms with Gasteiger partial charge in [-0.05, 0) is 43.3 Å². The molecule has 1 atom stereocenters. The number of ether oxygens (including phenoxy) is 1. The number of allylic oxidation sites excluding steroid dienone is 1. The molecule has 1 N–H and O–H groups in total. The molecule has 0 aliphatic carbocycles. The van der Waals surface area contributed by atoms with Crippen LogP contribution in [0.25, 0.3) is 0 Å². The zero-order valence-electron chi connectivity index (χ0n) is 15.9. The fraction of sp³-hybridized carbons (Fsp3) is 0.524. The maximum atomic E-state index is 11.8. The molecular weight excluding hydrogens is 346 g/mol. The summed E-state index contributed by atoms with van der Waals surface area (Å²) in [5.41, 5.74) is 1.01. The molecule has 0 fully saturated rings. The number of benzene rings is 1. The quantitative estimate of drug-likeness (QED) is 0.315. The van der Waals surface area contributed by atoms with Crippen molar-refractivity contribution in [2.45, 2.75) is 45.6 Å². The lowest BCUT2D eigenvalue weighted by atomic mass is 10.1. The lowest BCUT2D eigenvalue weighted by Gasteiger charge is -2.10. The van der Waals surface area contributed by atoms with Gasteiger partial charge in [-0.25, -0.2) is 0 Å². The second-order valence-electron chi connectivity index (χ2n) is 6.27. The van der Waals surface area contributed by atoms with Gasteiger partial charge in [-0.15, -0.1) is 0 Å². The SMILES string of the molecule is CSCC[C@H](C)C(=O)NCC/C=C\CCCC(=O)OCc1ccccc1. The number of hydrogen-bond acceptors (Lipinski definition) is 4. The average molecular weight is 378 g/mol. The van der Waals surface area contributed by atoms with E-state index in [0.717, 1.165) is 37.0 Å². The van der Waals surface area contributed by atoms with Crippen molar-refractivity contribution in [2.24, 2.45) is 5.92 Å². The maximum absolute atomic E-state index is 11.8. The van der Waals surface area contributed by atoms with E-state index in [1.807, 2.05) is 37.3 Å². The number of esters is 1. The van der Waals surface area contributed by atoms with Gasteiger partial charge in [-0.3, -0.25) is 9.59 Å². The smallest absolute Gasteiger partial charge is 0.306 e. The minimum absolute atomic E-state index is 0.0772. The van der Waals surface area contributed by atoms with Crippen LogP contribution in [0.1, 0.15) is 44.6 Å². The van der Waals surface area contributed by atoms with Crippen molar-refractivity contribution in [1.29, 1.82) is 0 Å². The first-order valence-corrected chi connectivity index (χ1v) is 10.6. The van der Waals surface area contributed by atoms with Gasteiger partial charge in [-0.2, -0.15) is 11.8 Å². The van der Waals surface area contributed by atoms with Crippen molar-refractivity contribution in [2.75, 3.05) is 18.6 Å². The second kappa shape index (κ2) is 14.4. The molecule has 0 aliphatic rings. The van der Waals surface area contributed by atoms with Crippen LogP contribution in [-0.4, -0.2) is 30.4 Å². The van der Waals surface area contributed by atoms with E-state index in [4.69, 9.17) is 4.74 Å². The van der Waals surface area contributed by atoms with Crippen LogP contribution in [0.4, 0.5) is 0 Å². The number of rotatable bonds is 13. The van der Waals surface area contributed by atoms with Crippen LogP contribution in [0.15, 0.2) is 42.5 Å². The lowest BCUT2D eigenvalue weighted by Crippen LogP contribution is -2.30. The third kappa shape index (κ3) is 11.0. The van der Waals surface area contributed by atoms with Crippen LogP contribution in [0.2, 0.25) is 0 Å². The Morgan fingerprint density at radius 1 is 1.19 bits per heavy atom. The van der Waals surface area contributed by atoms with Gasteiger partial charge in [0, 0.05) is 18.9 Å². The van der Waals surface area contributed by atoms with Crippen molar-refractivity contribution in [3.05, 3.63) is 48.0 Å². The normalized spacial score (nSPS) is 12.1. The molecule has 1 amide bonds. The zero-order valence-corrected chi connectivity index (χ0v) is 16.7. The fourth-order valence-corrected chi connectivity index (χ4v) is 2.88. The van der Waals surface area contributed by atoms with Crippen molar-refractivity contribution in [1.82, 2.24) is 5.32 Å². The van der Waals surface area contributed by atoms with E-state index in [9.17, 15) is 9.59 Å². The summed E-state index contributed by atoms with van der Waals surface area (Å²) >= 11 is 1.77. The van der Waals surface area contributed by atoms with Gasteiger partial charge in [-0.1, -0.05) is 49.4 Å². The molecule has 0 unspecified atom stereocenters. The molecule has 0 saturated carbocycles. The van der Waals surface area contributed by atoms with E-state index >= 15 is 0 Å². The van der Waals surface area contributed by atoms with E-state index in [0.29, 0.717) is 19.6 Å². The number of nitrogens with one attached hydrogen (secondary N) is 1. The Labute approximate surface area is 161 Å². The lowest BCUT2D eigenvalue weighted by molar-refractivity contribution is -0.145. The molecule has 1 aromatic carbocycles. The summed E-state index contributed by atoms with van der Waals surface area (Å²) < 4.78 is 5.24. The molecular formula is C21H31NO3S. The summed E-state index contributed by atoms with van der Waals surface area (Å²) in [7, 11) is 0. The van der Waals surface area contributed by atoms with Crippen molar-refractivity contribution < 1.29 is 14.3 Å². The van der Waals surface area contributed by atoms with E-state index in [1.165, 1.54) is 0 Å². The van der Waals surface area contributed by atoms with E-state index < -0.39 is 0 Å². The minimum Gasteiger partial charge on any atom is -0.461 e. The van der Waals surface area contributed by atoms with Gasteiger partial charge in [0.15, 0.2) is 0 Å². The first-order valence-electron chi connectivity index (χ1n) is 9.24. The van der Waals surface area contributed by atoms with Gasteiger partial charge in [0.05, 0.1) is 0 Å². The highest BCUT2D eigenvalue weighted by Crippen LogP contribution is 2.07. The van der Waals surface area contributed by atoms with Gasteiger partial charge in [0.1, 0.15) is 6.61 Å². The molecule has 0 aromatic heterocycles. The largest absolute Gasteiger partial charge is 0.461 e. The Morgan fingerprint density at radius 3 is 2.65 bits per heavy atom. The molecule has 0 spiro atoms. The Morgan fingerprint density at radius 2 is 1.92 bits per heavy atom. The van der Waals surface area contributed by atoms with Gasteiger partial charge < -0.3 is 10.1 Å². The highest BCUT2D eigenvalue weighted by molar-refractivity contribution is 7.98. The maximum Gasteiger partial charge on any atom is 0.306 e. The molecule has 26 heavy (non-hydrogen) atoms. The van der Waals surface area contributed by atoms with Gasteiger partial charge in [0.25, 0.3) is 0 Å². The highest BCUT2D eigenvalue weighted by Gasteiger charge is 2.10. The molecule has 5 heteroatoms. The number of unbranched alkanes of at least 4 members (excludes halogenated alkanes) is 1. The molecule has 144 valence electrons. The first kappa shape index (κ1) is 22.3. The van der Waals surface area contributed by atoms with Crippen LogP contribution in [0, 0.1) is 5.92 Å². The summed E-state index contributed by atoms with van der Waals surface area (Å²) in [5, 5.41) is 2.96. The molecule has 1 aromatic rings. The molecule has 0 bridgehead atoms. The van der Waals surface area contributed by atoms with Crippen molar-refractivity contribution in [3.8, 4) is 0 Å². The zero-order chi connectivity index (χ0) is 19.0. The number of carbonyl (C=O) groups excluding carboxylic acids is 2. The van der Waals surface area contributed by atoms with E-state index in [1.54, 1.807) is 11.8 Å². The number of carbonyl (C=O) groups is 2.